The van der Waals surface area contributed by atoms with Crippen LogP contribution in [0.2, 0.25) is 12.1 Å². The van der Waals surface area contributed by atoms with Gasteiger partial charge in [-0.15, -0.1) is 0 Å². The van der Waals surface area contributed by atoms with Gasteiger partial charge in [-0.3, -0.25) is 0 Å². The van der Waals surface area contributed by atoms with E-state index >= 15 is 0 Å². The van der Waals surface area contributed by atoms with Crippen LogP contribution in [0.1, 0.15) is 33.1 Å². The molecule has 0 spiro atoms. The minimum atomic E-state index is -1.43. The maximum atomic E-state index is 2.37. The van der Waals surface area contributed by atoms with E-state index in [1.54, 1.807) is 10.4 Å². The zero-order valence-electron chi connectivity index (χ0n) is 12.8. The van der Waals surface area contributed by atoms with E-state index in [2.05, 4.69) is 60.7 Å². The van der Waals surface area contributed by atoms with Crippen molar-refractivity contribution in [3.63, 3.8) is 0 Å². The first-order valence-electron chi connectivity index (χ1n) is 8.03. The van der Waals surface area contributed by atoms with E-state index in [0.29, 0.717) is 0 Å². The molecule has 1 heteroatoms. The molecule has 1 fully saturated rings. The van der Waals surface area contributed by atoms with Crippen molar-refractivity contribution in [1.29, 1.82) is 0 Å². The molecule has 1 aliphatic rings. The minimum absolute atomic E-state index is 1.41. The van der Waals surface area contributed by atoms with Gasteiger partial charge in [0.15, 0.2) is 0 Å². The lowest BCUT2D eigenvalue weighted by Gasteiger charge is -2.36. The van der Waals surface area contributed by atoms with Gasteiger partial charge < -0.3 is 0 Å². The number of rotatable bonds is 2. The zero-order chi connectivity index (χ0) is 14.3. The molecule has 0 aliphatic carbocycles. The predicted molar refractivity (Wildman–Crippen MR) is 92.7 cm³/mol. The van der Waals surface area contributed by atoms with Crippen molar-refractivity contribution in [3.8, 4) is 0 Å². The van der Waals surface area contributed by atoms with E-state index in [-0.39, 0.29) is 0 Å². The fraction of sp³-hybridized carbons (Fsp3) is 0.368. The second-order valence-corrected chi connectivity index (χ2v) is 9.69. The zero-order valence-corrected chi connectivity index (χ0v) is 13.8. The second kappa shape index (κ2) is 7.44. The number of hydrogen-bond donors (Lipinski definition) is 0. The van der Waals surface area contributed by atoms with Crippen LogP contribution in [0, 0.1) is 0 Å². The van der Waals surface area contributed by atoms with Crippen LogP contribution in [-0.2, 0) is 0 Å². The molecule has 0 nitrogen and oxygen atoms in total. The summed E-state index contributed by atoms with van der Waals surface area (Å²) in [6, 6.07) is 25.4. The quantitative estimate of drug-likeness (QED) is 0.713. The Morgan fingerprint density at radius 3 is 1.40 bits per heavy atom. The first-order chi connectivity index (χ1) is 9.92. The number of hydrogen-bond acceptors (Lipinski definition) is 0. The SMILES string of the molecule is CC.c1ccc([Si]2(c3ccccc3)CCCCC2)cc1. The van der Waals surface area contributed by atoms with Crippen LogP contribution in [0.15, 0.2) is 60.7 Å². The van der Waals surface area contributed by atoms with Crippen LogP contribution >= 0.6 is 0 Å². The lowest BCUT2D eigenvalue weighted by atomic mass is 10.3. The summed E-state index contributed by atoms with van der Waals surface area (Å²) in [6.07, 6.45) is 4.25. The molecule has 1 heterocycles. The minimum Gasteiger partial charge on any atom is -0.0683 e. The molecule has 2 aromatic carbocycles. The summed E-state index contributed by atoms with van der Waals surface area (Å²) in [5.41, 5.74) is 0. The van der Waals surface area contributed by atoms with Crippen molar-refractivity contribution in [3.05, 3.63) is 60.7 Å². The van der Waals surface area contributed by atoms with E-state index in [0.717, 1.165) is 0 Å². The van der Waals surface area contributed by atoms with Crippen LogP contribution in [-0.4, -0.2) is 8.07 Å². The molecular formula is C19H26Si. The molecule has 0 N–H and O–H groups in total. The predicted octanol–water partition coefficient (Wildman–Crippen LogP) is 4.46. The fourth-order valence-corrected chi connectivity index (χ4v) is 8.52. The molecule has 0 aromatic heterocycles. The van der Waals surface area contributed by atoms with Gasteiger partial charge in [0.05, 0.1) is 0 Å². The Kier molecular flexibility index (Phi) is 5.60. The molecule has 106 valence electrons. The normalized spacial score (nSPS) is 16.9. The molecule has 0 unspecified atom stereocenters. The first-order valence-corrected chi connectivity index (χ1v) is 10.4. The van der Waals surface area contributed by atoms with Crippen molar-refractivity contribution >= 4 is 18.4 Å². The first kappa shape index (κ1) is 15.1. The molecule has 3 rings (SSSR count). The van der Waals surface area contributed by atoms with Gasteiger partial charge in [-0.05, 0) is 12.1 Å². The van der Waals surface area contributed by atoms with Gasteiger partial charge in [-0.25, -0.2) is 0 Å². The largest absolute Gasteiger partial charge is 0.118 e. The molecule has 0 amide bonds. The van der Waals surface area contributed by atoms with Gasteiger partial charge >= 0.3 is 0 Å². The fourth-order valence-electron chi connectivity index (χ4n) is 3.41. The Morgan fingerprint density at radius 1 is 0.600 bits per heavy atom. The molecular weight excluding hydrogens is 256 g/mol. The molecule has 0 saturated carbocycles. The van der Waals surface area contributed by atoms with Gasteiger partial charge in [0, 0.05) is 0 Å². The molecule has 2 aromatic rings. The van der Waals surface area contributed by atoms with E-state index < -0.39 is 8.07 Å². The van der Waals surface area contributed by atoms with Gasteiger partial charge in [-0.2, -0.15) is 0 Å². The van der Waals surface area contributed by atoms with Crippen LogP contribution in [0.3, 0.4) is 0 Å². The van der Waals surface area contributed by atoms with E-state index in [9.17, 15) is 0 Å². The average molecular weight is 283 g/mol. The van der Waals surface area contributed by atoms with E-state index in [1.165, 1.54) is 31.4 Å². The third kappa shape index (κ3) is 3.04. The Balaban J connectivity index is 0.000000704. The second-order valence-electron chi connectivity index (χ2n) is 5.37. The Labute approximate surface area is 124 Å². The van der Waals surface area contributed by atoms with E-state index in [1.807, 2.05) is 13.8 Å². The van der Waals surface area contributed by atoms with Crippen molar-refractivity contribution in [2.45, 2.75) is 45.2 Å². The van der Waals surface area contributed by atoms with Crippen molar-refractivity contribution in [1.82, 2.24) is 0 Å². The van der Waals surface area contributed by atoms with E-state index in [4.69, 9.17) is 0 Å². The maximum Gasteiger partial charge on any atom is 0.118 e. The monoisotopic (exact) mass is 282 g/mol. The summed E-state index contributed by atoms with van der Waals surface area (Å²) in [6.45, 7) is 4.00. The molecule has 1 saturated heterocycles. The Bertz CT molecular complexity index is 442. The van der Waals surface area contributed by atoms with Crippen LogP contribution < -0.4 is 10.4 Å². The average Bonchev–Trinajstić information content (AvgIpc) is 2.59. The molecule has 0 radical (unpaired) electrons. The van der Waals surface area contributed by atoms with Crippen LogP contribution in [0.5, 0.6) is 0 Å². The summed E-state index contributed by atoms with van der Waals surface area (Å²) in [7, 11) is -1.43. The molecule has 1 aliphatic heterocycles. The summed E-state index contributed by atoms with van der Waals surface area (Å²) in [4.78, 5) is 0. The Morgan fingerprint density at radius 2 is 1.00 bits per heavy atom. The topological polar surface area (TPSA) is 0 Å². The molecule has 20 heavy (non-hydrogen) atoms. The lowest BCUT2D eigenvalue weighted by Crippen LogP contribution is -2.58. The van der Waals surface area contributed by atoms with Crippen molar-refractivity contribution in [2.24, 2.45) is 0 Å². The summed E-state index contributed by atoms with van der Waals surface area (Å²) in [5.74, 6) is 0. The standard InChI is InChI=1S/C17H20Si.C2H6/c1-4-10-16(11-5-1)18(14-8-3-9-15-18)17-12-6-2-7-13-17;1-2/h1-2,4-7,10-13H,3,8-9,14-15H2;1-2H3. The van der Waals surface area contributed by atoms with Gasteiger partial charge in [0.1, 0.15) is 8.07 Å². The van der Waals surface area contributed by atoms with Crippen LogP contribution in [0.25, 0.3) is 0 Å². The van der Waals surface area contributed by atoms with Crippen molar-refractivity contribution in [2.75, 3.05) is 0 Å². The van der Waals surface area contributed by atoms with Crippen molar-refractivity contribution < 1.29 is 0 Å². The van der Waals surface area contributed by atoms with Crippen LogP contribution in [0.4, 0.5) is 0 Å². The smallest absolute Gasteiger partial charge is 0.0683 e. The lowest BCUT2D eigenvalue weighted by molar-refractivity contribution is 0.720. The highest BCUT2D eigenvalue weighted by atomic mass is 28.3. The molecule has 0 bridgehead atoms. The number of benzene rings is 2. The summed E-state index contributed by atoms with van der Waals surface area (Å²) < 4.78 is 0. The summed E-state index contributed by atoms with van der Waals surface area (Å²) >= 11 is 0. The third-order valence-corrected chi connectivity index (χ3v) is 9.65. The van der Waals surface area contributed by atoms with Gasteiger partial charge in [0.2, 0.25) is 0 Å². The van der Waals surface area contributed by atoms with Gasteiger partial charge in [-0.1, -0.05) is 104 Å². The highest BCUT2D eigenvalue weighted by Crippen LogP contribution is 2.28. The third-order valence-electron chi connectivity index (χ3n) is 4.36. The maximum absolute atomic E-state index is 2.37. The Hall–Kier alpha value is -1.34. The highest BCUT2D eigenvalue weighted by molar-refractivity contribution is 7.02. The summed E-state index contributed by atoms with van der Waals surface area (Å²) in [5, 5.41) is 3.27. The highest BCUT2D eigenvalue weighted by Gasteiger charge is 2.37. The molecule has 0 atom stereocenters. The van der Waals surface area contributed by atoms with Gasteiger partial charge in [0.25, 0.3) is 0 Å².